The number of hydrogen-bond acceptors (Lipinski definition) is 2. The molecule has 0 unspecified atom stereocenters. The van der Waals surface area contributed by atoms with Gasteiger partial charge in [-0.2, -0.15) is 0 Å². The minimum atomic E-state index is -0.771. The van der Waals surface area contributed by atoms with Crippen molar-refractivity contribution in [3.63, 3.8) is 0 Å². The van der Waals surface area contributed by atoms with E-state index in [2.05, 4.69) is 21.2 Å². The van der Waals surface area contributed by atoms with Gasteiger partial charge < -0.3 is 4.74 Å². The minimum Gasteiger partial charge on any atom is -0.444 e. The second-order valence-corrected chi connectivity index (χ2v) is 5.17. The molecule has 1 amide bonds. The Morgan fingerprint density at radius 1 is 1.25 bits per heavy atom. The number of anilines is 1. The molecular formula is C14H10BrClFNO2. The van der Waals surface area contributed by atoms with Gasteiger partial charge in [0, 0.05) is 0 Å². The molecule has 1 N–H and O–H groups in total. The fourth-order valence-electron chi connectivity index (χ4n) is 1.50. The lowest BCUT2D eigenvalue weighted by Crippen LogP contribution is -2.15. The first-order chi connectivity index (χ1) is 9.58. The first-order valence-electron chi connectivity index (χ1n) is 5.69. The molecule has 0 saturated heterocycles. The van der Waals surface area contributed by atoms with Crippen molar-refractivity contribution in [3.05, 3.63) is 63.3 Å². The van der Waals surface area contributed by atoms with Crippen molar-refractivity contribution in [2.24, 2.45) is 0 Å². The Hall–Kier alpha value is -1.59. The summed E-state index contributed by atoms with van der Waals surface area (Å²) in [5.74, 6) is -0.644. The molecule has 6 heteroatoms. The molecule has 0 aliphatic rings. The zero-order valence-electron chi connectivity index (χ0n) is 10.2. The van der Waals surface area contributed by atoms with Gasteiger partial charge in [0.1, 0.15) is 6.61 Å². The Labute approximate surface area is 128 Å². The Morgan fingerprint density at radius 3 is 2.65 bits per heavy atom. The molecule has 0 spiro atoms. The van der Waals surface area contributed by atoms with Gasteiger partial charge in [-0.05, 0) is 33.6 Å². The Bertz CT molecular complexity index is 622. The van der Waals surface area contributed by atoms with Crippen molar-refractivity contribution in [1.29, 1.82) is 0 Å². The van der Waals surface area contributed by atoms with Gasteiger partial charge in [0.2, 0.25) is 0 Å². The number of nitrogens with one attached hydrogen (secondary N) is 1. The van der Waals surface area contributed by atoms with E-state index in [0.29, 0.717) is 0 Å². The Morgan fingerprint density at radius 2 is 1.95 bits per heavy atom. The van der Waals surface area contributed by atoms with E-state index in [9.17, 15) is 9.18 Å². The van der Waals surface area contributed by atoms with Crippen molar-refractivity contribution < 1.29 is 13.9 Å². The summed E-state index contributed by atoms with van der Waals surface area (Å²) in [6, 6.07) is 12.1. The van der Waals surface area contributed by atoms with E-state index in [0.717, 1.165) is 5.56 Å². The predicted octanol–water partition coefficient (Wildman–Crippen LogP) is 4.99. The van der Waals surface area contributed by atoms with Crippen LogP contribution in [0.3, 0.4) is 0 Å². The lowest BCUT2D eigenvalue weighted by Gasteiger charge is -2.10. The Balaban J connectivity index is 2.00. The second-order valence-electron chi connectivity index (χ2n) is 3.90. The second kappa shape index (κ2) is 6.72. The van der Waals surface area contributed by atoms with E-state index >= 15 is 0 Å². The molecular weight excluding hydrogens is 349 g/mol. The molecule has 0 saturated carbocycles. The molecule has 3 nitrogen and oxygen atoms in total. The third-order valence-electron chi connectivity index (χ3n) is 2.48. The lowest BCUT2D eigenvalue weighted by atomic mass is 10.2. The summed E-state index contributed by atoms with van der Waals surface area (Å²) in [6.07, 6.45) is -0.771. The largest absolute Gasteiger partial charge is 0.444 e. The average molecular weight is 359 g/mol. The topological polar surface area (TPSA) is 38.3 Å². The molecule has 0 fully saturated rings. The quantitative estimate of drug-likeness (QED) is 0.785. The number of carbonyl (C=O) groups excluding carboxylic acids is 1. The molecule has 0 radical (unpaired) electrons. The summed E-state index contributed by atoms with van der Waals surface area (Å²) < 4.78 is 19.0. The summed E-state index contributed by atoms with van der Waals surface area (Å²) in [6.45, 7) is 0.0971. The Kier molecular flexibility index (Phi) is 4.98. The van der Waals surface area contributed by atoms with E-state index in [-0.39, 0.29) is 21.8 Å². The highest BCUT2D eigenvalue weighted by atomic mass is 79.9. The lowest BCUT2D eigenvalue weighted by molar-refractivity contribution is 0.155. The van der Waals surface area contributed by atoms with Crippen molar-refractivity contribution in [3.8, 4) is 0 Å². The summed E-state index contributed by atoms with van der Waals surface area (Å²) in [5.41, 5.74) is 0.725. The van der Waals surface area contributed by atoms with Crippen LogP contribution in [0.5, 0.6) is 0 Å². The summed E-state index contributed by atoms with van der Waals surface area (Å²) >= 11 is 8.85. The van der Waals surface area contributed by atoms with E-state index in [1.54, 1.807) is 0 Å². The molecule has 0 heterocycles. The fraction of sp³-hybridized carbons (Fsp3) is 0.0714. The zero-order valence-corrected chi connectivity index (χ0v) is 12.5. The van der Waals surface area contributed by atoms with Crippen LogP contribution in [0.4, 0.5) is 14.9 Å². The summed E-state index contributed by atoms with van der Waals surface area (Å²) in [7, 11) is 0. The molecule has 0 aliphatic heterocycles. The number of rotatable bonds is 3. The number of halogens is 3. The van der Waals surface area contributed by atoms with Crippen molar-refractivity contribution >= 4 is 39.3 Å². The van der Waals surface area contributed by atoms with Crippen LogP contribution in [0.1, 0.15) is 5.56 Å². The highest BCUT2D eigenvalue weighted by Crippen LogP contribution is 2.30. The van der Waals surface area contributed by atoms with Crippen LogP contribution in [0.2, 0.25) is 5.02 Å². The summed E-state index contributed by atoms with van der Waals surface area (Å²) in [4.78, 5) is 11.6. The molecule has 0 bridgehead atoms. The fourth-order valence-corrected chi connectivity index (χ4v) is 2.03. The molecule has 0 aromatic heterocycles. The third-order valence-corrected chi connectivity index (χ3v) is 3.41. The maximum absolute atomic E-state index is 13.8. The number of amides is 1. The third kappa shape index (κ3) is 3.71. The maximum atomic E-state index is 13.8. The van der Waals surface area contributed by atoms with Gasteiger partial charge in [-0.1, -0.05) is 41.9 Å². The van der Waals surface area contributed by atoms with Gasteiger partial charge in [0.05, 0.1) is 15.2 Å². The molecule has 2 rings (SSSR count). The van der Waals surface area contributed by atoms with E-state index in [4.69, 9.17) is 16.3 Å². The van der Waals surface area contributed by atoms with Crippen molar-refractivity contribution in [1.82, 2.24) is 0 Å². The van der Waals surface area contributed by atoms with Crippen LogP contribution in [0, 0.1) is 5.82 Å². The number of benzene rings is 2. The van der Waals surface area contributed by atoms with Gasteiger partial charge in [-0.15, -0.1) is 0 Å². The average Bonchev–Trinajstić information content (AvgIpc) is 2.46. The van der Waals surface area contributed by atoms with Crippen LogP contribution < -0.4 is 5.32 Å². The highest BCUT2D eigenvalue weighted by molar-refractivity contribution is 9.10. The standard InChI is InChI=1S/C14H10BrClFNO2/c15-10-6-7-11(16)13(12(10)17)18-14(19)20-8-9-4-2-1-3-5-9/h1-7H,8H2,(H,18,19). The van der Waals surface area contributed by atoms with Gasteiger partial charge >= 0.3 is 6.09 Å². The van der Waals surface area contributed by atoms with Gasteiger partial charge in [-0.25, -0.2) is 9.18 Å². The number of ether oxygens (including phenoxy) is 1. The van der Waals surface area contributed by atoms with Gasteiger partial charge in [0.15, 0.2) is 5.82 Å². The van der Waals surface area contributed by atoms with Crippen LogP contribution in [0.25, 0.3) is 0 Å². The van der Waals surface area contributed by atoms with Crippen LogP contribution in [-0.4, -0.2) is 6.09 Å². The van der Waals surface area contributed by atoms with E-state index < -0.39 is 11.9 Å². The first-order valence-corrected chi connectivity index (χ1v) is 6.86. The molecule has 20 heavy (non-hydrogen) atoms. The predicted molar refractivity (Wildman–Crippen MR) is 79.4 cm³/mol. The van der Waals surface area contributed by atoms with Gasteiger partial charge in [-0.3, -0.25) is 5.32 Å². The maximum Gasteiger partial charge on any atom is 0.412 e. The first kappa shape index (κ1) is 14.8. The molecule has 104 valence electrons. The SMILES string of the molecule is O=C(Nc1c(Cl)ccc(Br)c1F)OCc1ccccc1. The monoisotopic (exact) mass is 357 g/mol. The summed E-state index contributed by atoms with van der Waals surface area (Å²) in [5, 5.41) is 2.39. The van der Waals surface area contributed by atoms with Crippen molar-refractivity contribution in [2.45, 2.75) is 6.61 Å². The van der Waals surface area contributed by atoms with E-state index in [1.165, 1.54) is 12.1 Å². The van der Waals surface area contributed by atoms with Crippen LogP contribution in [0.15, 0.2) is 46.9 Å². The van der Waals surface area contributed by atoms with Crippen molar-refractivity contribution in [2.75, 3.05) is 5.32 Å². The normalized spacial score (nSPS) is 10.2. The highest BCUT2D eigenvalue weighted by Gasteiger charge is 2.14. The van der Waals surface area contributed by atoms with Crippen LogP contribution >= 0.6 is 27.5 Å². The molecule has 2 aromatic rings. The van der Waals surface area contributed by atoms with Gasteiger partial charge in [0.25, 0.3) is 0 Å². The smallest absolute Gasteiger partial charge is 0.412 e. The minimum absolute atomic E-state index is 0.0971. The molecule has 0 atom stereocenters. The zero-order chi connectivity index (χ0) is 14.5. The van der Waals surface area contributed by atoms with E-state index in [1.807, 2.05) is 30.3 Å². The molecule has 0 aliphatic carbocycles. The molecule has 2 aromatic carbocycles. The van der Waals surface area contributed by atoms with Crippen LogP contribution in [-0.2, 0) is 11.3 Å². The number of carbonyl (C=O) groups is 1. The number of hydrogen-bond donors (Lipinski definition) is 1.